The summed E-state index contributed by atoms with van der Waals surface area (Å²) in [4.78, 5) is 0. The minimum atomic E-state index is 0.554. The van der Waals surface area contributed by atoms with Crippen LogP contribution in [0, 0.1) is 5.92 Å². The maximum absolute atomic E-state index is 5.55. The van der Waals surface area contributed by atoms with Crippen LogP contribution in [-0.4, -0.2) is 6.04 Å². The lowest BCUT2D eigenvalue weighted by Gasteiger charge is -2.24. The van der Waals surface area contributed by atoms with Crippen molar-refractivity contribution in [1.29, 1.82) is 0 Å². The maximum Gasteiger partial charge on any atom is 0.0236 e. The van der Waals surface area contributed by atoms with E-state index in [4.69, 9.17) is 5.84 Å². The molecule has 2 atom stereocenters. The van der Waals surface area contributed by atoms with Crippen molar-refractivity contribution in [3.63, 3.8) is 0 Å². The second-order valence-electron chi connectivity index (χ2n) is 4.45. The highest BCUT2D eigenvalue weighted by Crippen LogP contribution is 2.20. The topological polar surface area (TPSA) is 38.0 Å². The first kappa shape index (κ1) is 11.0. The smallest absolute Gasteiger partial charge is 0.0236 e. The van der Waals surface area contributed by atoms with Crippen LogP contribution in [0.15, 0.2) is 0 Å². The minimum absolute atomic E-state index is 0.554. The van der Waals surface area contributed by atoms with E-state index in [0.29, 0.717) is 6.04 Å². The van der Waals surface area contributed by atoms with Crippen molar-refractivity contribution in [3.8, 4) is 0 Å². The second-order valence-corrected chi connectivity index (χ2v) is 4.45. The Kier molecular flexibility index (Phi) is 5.40. The Morgan fingerprint density at radius 3 is 2.08 bits per heavy atom. The summed E-state index contributed by atoms with van der Waals surface area (Å²) in [5.74, 6) is 6.31. The zero-order valence-electron chi connectivity index (χ0n) is 8.89. The van der Waals surface area contributed by atoms with Gasteiger partial charge in [-0.15, -0.1) is 0 Å². The number of nitrogens with one attached hydrogen (secondary N) is 1. The van der Waals surface area contributed by atoms with Crippen LogP contribution >= 0.6 is 0 Å². The van der Waals surface area contributed by atoms with Crippen LogP contribution in [0.4, 0.5) is 0 Å². The van der Waals surface area contributed by atoms with Crippen LogP contribution in [-0.2, 0) is 0 Å². The Bertz CT molecular complexity index is 125. The third-order valence-corrected chi connectivity index (χ3v) is 3.33. The minimum Gasteiger partial charge on any atom is -0.271 e. The fourth-order valence-electron chi connectivity index (χ4n) is 2.27. The quantitative estimate of drug-likeness (QED) is 0.485. The summed E-state index contributed by atoms with van der Waals surface area (Å²) in [6.07, 6.45) is 11.0. The molecule has 0 aromatic heterocycles. The largest absolute Gasteiger partial charge is 0.271 e. The molecule has 13 heavy (non-hydrogen) atoms. The highest BCUT2D eigenvalue weighted by molar-refractivity contribution is 4.72. The van der Waals surface area contributed by atoms with E-state index in [1.807, 2.05) is 0 Å². The summed E-state index contributed by atoms with van der Waals surface area (Å²) < 4.78 is 0. The third kappa shape index (κ3) is 4.10. The van der Waals surface area contributed by atoms with Crippen LogP contribution in [0.1, 0.15) is 58.3 Å². The number of hydrogen-bond donors (Lipinski definition) is 2. The lowest BCUT2D eigenvalue weighted by molar-refractivity contribution is 0.315. The highest BCUT2D eigenvalue weighted by Gasteiger charge is 2.15. The summed E-state index contributed by atoms with van der Waals surface area (Å²) in [6.45, 7) is 2.33. The van der Waals surface area contributed by atoms with Gasteiger partial charge in [0.15, 0.2) is 0 Å². The summed E-state index contributed by atoms with van der Waals surface area (Å²) in [7, 11) is 0. The van der Waals surface area contributed by atoms with Gasteiger partial charge in [0.05, 0.1) is 0 Å². The molecule has 1 rings (SSSR count). The molecule has 1 fully saturated rings. The van der Waals surface area contributed by atoms with E-state index < -0.39 is 0 Å². The van der Waals surface area contributed by atoms with Crippen molar-refractivity contribution in [2.24, 2.45) is 11.8 Å². The average molecular weight is 184 g/mol. The third-order valence-electron chi connectivity index (χ3n) is 3.33. The molecule has 0 amide bonds. The van der Waals surface area contributed by atoms with Crippen molar-refractivity contribution in [2.75, 3.05) is 0 Å². The van der Waals surface area contributed by atoms with Gasteiger partial charge in [-0.1, -0.05) is 45.4 Å². The van der Waals surface area contributed by atoms with Gasteiger partial charge in [0.2, 0.25) is 0 Å². The Balaban J connectivity index is 2.32. The summed E-state index contributed by atoms with van der Waals surface area (Å²) in [6, 6.07) is 0.554. The Morgan fingerprint density at radius 1 is 0.923 bits per heavy atom. The Labute approximate surface area is 82.2 Å². The van der Waals surface area contributed by atoms with Crippen LogP contribution in [0.2, 0.25) is 0 Å². The molecule has 1 saturated carbocycles. The van der Waals surface area contributed by atoms with Crippen LogP contribution in [0.25, 0.3) is 0 Å². The van der Waals surface area contributed by atoms with Crippen LogP contribution < -0.4 is 11.3 Å². The number of nitrogens with two attached hydrogens (primary N) is 1. The summed E-state index contributed by atoms with van der Waals surface area (Å²) in [5.41, 5.74) is 2.97. The first-order chi connectivity index (χ1) is 6.34. The zero-order valence-corrected chi connectivity index (χ0v) is 8.89. The fraction of sp³-hybridized carbons (Fsp3) is 1.00. The van der Waals surface area contributed by atoms with E-state index in [-0.39, 0.29) is 0 Å². The normalized spacial score (nSPS) is 32.8. The maximum atomic E-state index is 5.55. The Morgan fingerprint density at radius 2 is 1.46 bits per heavy atom. The van der Waals surface area contributed by atoms with E-state index in [1.165, 1.54) is 51.4 Å². The van der Waals surface area contributed by atoms with Crippen molar-refractivity contribution in [3.05, 3.63) is 0 Å². The van der Waals surface area contributed by atoms with E-state index in [2.05, 4.69) is 12.3 Å². The molecule has 3 N–H and O–H groups in total. The lowest BCUT2D eigenvalue weighted by Crippen LogP contribution is -2.40. The van der Waals surface area contributed by atoms with E-state index >= 15 is 0 Å². The molecule has 1 unspecified atom stereocenters. The first-order valence-corrected chi connectivity index (χ1v) is 5.80. The molecule has 78 valence electrons. The van der Waals surface area contributed by atoms with Crippen LogP contribution in [0.5, 0.6) is 0 Å². The molecule has 0 aliphatic heterocycles. The van der Waals surface area contributed by atoms with Crippen molar-refractivity contribution in [2.45, 2.75) is 64.3 Å². The Hall–Kier alpha value is -0.0800. The molecule has 0 aromatic rings. The van der Waals surface area contributed by atoms with Gasteiger partial charge in [-0.05, 0) is 18.8 Å². The summed E-state index contributed by atoms with van der Waals surface area (Å²) in [5, 5.41) is 0. The van der Waals surface area contributed by atoms with Gasteiger partial charge < -0.3 is 0 Å². The van der Waals surface area contributed by atoms with Gasteiger partial charge in [0.25, 0.3) is 0 Å². The first-order valence-electron chi connectivity index (χ1n) is 5.80. The molecule has 1 aliphatic carbocycles. The van der Waals surface area contributed by atoms with Gasteiger partial charge in [-0.25, -0.2) is 0 Å². The van der Waals surface area contributed by atoms with E-state index in [9.17, 15) is 0 Å². The number of rotatable bonds is 1. The molecule has 0 heterocycles. The molecular weight excluding hydrogens is 160 g/mol. The summed E-state index contributed by atoms with van der Waals surface area (Å²) >= 11 is 0. The standard InChI is InChI=1S/C11H24N2/c1-10-8-6-4-2-3-5-7-9-11(10)13-12/h10-11,13H,2-9,12H2,1H3/t10?,11-/m0/s1. The molecule has 0 bridgehead atoms. The SMILES string of the molecule is CC1CCCCCCCC[C@@H]1NN. The molecule has 2 nitrogen and oxygen atoms in total. The van der Waals surface area contributed by atoms with Gasteiger partial charge in [0, 0.05) is 6.04 Å². The number of hydrogen-bond acceptors (Lipinski definition) is 2. The van der Waals surface area contributed by atoms with Gasteiger partial charge in [-0.2, -0.15) is 0 Å². The molecule has 0 saturated heterocycles. The van der Waals surface area contributed by atoms with E-state index in [1.54, 1.807) is 0 Å². The lowest BCUT2D eigenvalue weighted by atomic mass is 9.90. The number of hydrazine groups is 1. The fourth-order valence-corrected chi connectivity index (χ4v) is 2.27. The van der Waals surface area contributed by atoms with Gasteiger partial charge in [-0.3, -0.25) is 11.3 Å². The molecule has 1 aliphatic rings. The van der Waals surface area contributed by atoms with Crippen molar-refractivity contribution in [1.82, 2.24) is 5.43 Å². The average Bonchev–Trinajstić information content (AvgIpc) is 2.16. The predicted molar refractivity (Wildman–Crippen MR) is 57.2 cm³/mol. The van der Waals surface area contributed by atoms with Crippen LogP contribution in [0.3, 0.4) is 0 Å². The van der Waals surface area contributed by atoms with E-state index in [0.717, 1.165) is 5.92 Å². The van der Waals surface area contributed by atoms with Crippen molar-refractivity contribution < 1.29 is 0 Å². The van der Waals surface area contributed by atoms with Gasteiger partial charge >= 0.3 is 0 Å². The molecule has 0 aromatic carbocycles. The van der Waals surface area contributed by atoms with Crippen molar-refractivity contribution >= 4 is 0 Å². The molecule has 0 radical (unpaired) electrons. The molecule has 0 spiro atoms. The van der Waals surface area contributed by atoms with Gasteiger partial charge in [0.1, 0.15) is 0 Å². The predicted octanol–water partition coefficient (Wildman–Crippen LogP) is 2.59. The zero-order chi connectivity index (χ0) is 9.52. The molecule has 2 heteroatoms. The highest BCUT2D eigenvalue weighted by atomic mass is 15.2. The second kappa shape index (κ2) is 6.39. The molecular formula is C11H24N2. The monoisotopic (exact) mass is 184 g/mol.